The number of nitrogens with zero attached hydrogens (tertiary/aromatic N) is 3. The predicted octanol–water partition coefficient (Wildman–Crippen LogP) is 8.79. The van der Waals surface area contributed by atoms with Crippen LogP contribution in [0.15, 0.2) is 112 Å². The molecule has 5 aromatic rings. The van der Waals surface area contributed by atoms with Crippen LogP contribution in [0, 0.1) is 6.92 Å². The van der Waals surface area contributed by atoms with Crippen LogP contribution < -0.4 is 37.0 Å². The zero-order chi connectivity index (χ0) is 55.4. The van der Waals surface area contributed by atoms with Crippen LogP contribution in [0.3, 0.4) is 0 Å². The summed E-state index contributed by atoms with van der Waals surface area (Å²) in [7, 11) is 3.21. The van der Waals surface area contributed by atoms with Gasteiger partial charge < -0.3 is 39.1 Å². The van der Waals surface area contributed by atoms with Crippen molar-refractivity contribution in [1.82, 2.24) is 24.4 Å². The lowest BCUT2D eigenvalue weighted by Gasteiger charge is -2.37. The number of methoxy groups -OCH3 is 2. The van der Waals surface area contributed by atoms with E-state index in [2.05, 4.69) is 27.5 Å². The van der Waals surface area contributed by atoms with Crippen LogP contribution in [0.4, 0.5) is 10.2 Å². The Hall–Kier alpha value is -6.77. The summed E-state index contributed by atoms with van der Waals surface area (Å²) in [5.74, 6) is 0.0628. The van der Waals surface area contributed by atoms with E-state index in [0.29, 0.717) is 29.5 Å². The van der Waals surface area contributed by atoms with Crippen LogP contribution >= 0.6 is 11.8 Å². The van der Waals surface area contributed by atoms with Gasteiger partial charge in [0.25, 0.3) is 5.56 Å². The highest BCUT2D eigenvalue weighted by Gasteiger charge is 2.40. The van der Waals surface area contributed by atoms with Gasteiger partial charge >= 0.3 is 23.3 Å². The number of ether oxygens (including phenoxy) is 6. The minimum absolute atomic E-state index is 0.162. The number of carbonyl (C=O) groups is 3. The number of aromatic amines is 1. The van der Waals surface area contributed by atoms with E-state index in [4.69, 9.17) is 28.4 Å². The predicted molar refractivity (Wildman–Crippen MR) is 294 cm³/mol. The van der Waals surface area contributed by atoms with Crippen LogP contribution in [0.1, 0.15) is 138 Å². The zero-order valence-corrected chi connectivity index (χ0v) is 45.8. The molecule has 2 aliphatic rings. The Morgan fingerprint density at radius 2 is 1.38 bits per heavy atom. The molecule has 0 unspecified atom stereocenters. The third-order valence-electron chi connectivity index (χ3n) is 14.1. The number of aryl methyl sites for hydroxylation is 1. The number of halogens is 1. The van der Waals surface area contributed by atoms with E-state index in [-0.39, 0.29) is 37.9 Å². The molecule has 3 aromatic carbocycles. The third kappa shape index (κ3) is 15.9. The quantitative estimate of drug-likeness (QED) is 0.0222. The van der Waals surface area contributed by atoms with Gasteiger partial charge in [-0.05, 0) is 66.8 Å². The highest BCUT2D eigenvalue weighted by Crippen LogP contribution is 2.41. The minimum Gasteiger partial charge on any atom is -0.497 e. The van der Waals surface area contributed by atoms with E-state index in [9.17, 15) is 28.8 Å². The van der Waals surface area contributed by atoms with E-state index >= 15 is 4.39 Å². The number of hydrogen-bond donors (Lipinski definition) is 3. The van der Waals surface area contributed by atoms with Crippen LogP contribution in [-0.2, 0) is 38.9 Å². The molecule has 1 amide bonds. The SMILES string of the molecule is CCCCCCCCCCCCCC(=O)N[C@@H](CCC(=O)OC[C@@H]1O[C@H](n2ccc(NC(c3ccccc3)(c3ccc(OC)cc3)c3ccc(OC)cc3)nc2=O)CS1)C(=O)OC[C@H]1O[C@@H](n2cc(C)c(=O)[nH]c2=O)C[C@@H]1F. The summed E-state index contributed by atoms with van der Waals surface area (Å²) in [5, 5.41) is 6.32. The fourth-order valence-corrected chi connectivity index (χ4v) is 10.7. The Balaban J connectivity index is 0.942. The summed E-state index contributed by atoms with van der Waals surface area (Å²) in [6.45, 7) is 3.01. The van der Waals surface area contributed by atoms with Gasteiger partial charge in [0.1, 0.15) is 72.3 Å². The molecule has 3 N–H and O–H groups in total. The largest absolute Gasteiger partial charge is 0.497 e. The molecule has 0 radical (unpaired) electrons. The van der Waals surface area contributed by atoms with Crippen molar-refractivity contribution in [3.63, 3.8) is 0 Å². The Bertz CT molecular complexity index is 2850. The van der Waals surface area contributed by atoms with Crippen molar-refractivity contribution in [3.8, 4) is 11.5 Å². The number of esters is 2. The average molecular weight is 1100 g/mol. The van der Waals surface area contributed by atoms with Crippen molar-refractivity contribution in [2.75, 3.05) is 38.5 Å². The maximum atomic E-state index is 15.2. The summed E-state index contributed by atoms with van der Waals surface area (Å²) in [5.41, 5.74) is -0.738. The number of aromatic nitrogens is 4. The topological polar surface area (TPSA) is 220 Å². The molecule has 2 saturated heterocycles. The zero-order valence-electron chi connectivity index (χ0n) is 45.0. The van der Waals surface area contributed by atoms with Gasteiger partial charge in [0, 0.05) is 43.0 Å². The molecule has 7 rings (SSSR count). The lowest BCUT2D eigenvalue weighted by atomic mass is 9.77. The first-order valence-electron chi connectivity index (χ1n) is 27.0. The molecule has 20 heteroatoms. The number of carbonyl (C=O) groups excluding carboxylic acids is 3. The van der Waals surface area contributed by atoms with E-state index in [1.165, 1.54) is 68.0 Å². The Morgan fingerprint density at radius 1 is 0.769 bits per heavy atom. The monoisotopic (exact) mass is 1100 g/mol. The first kappa shape index (κ1) is 58.9. The van der Waals surface area contributed by atoms with Gasteiger partial charge in [-0.3, -0.25) is 28.5 Å². The molecular weight excluding hydrogens is 1020 g/mol. The van der Waals surface area contributed by atoms with E-state index in [1.807, 2.05) is 78.9 Å². The second kappa shape index (κ2) is 29.3. The average Bonchev–Trinajstić information content (AvgIpc) is 4.14. The van der Waals surface area contributed by atoms with Gasteiger partial charge in [0.05, 0.1) is 14.2 Å². The molecular formula is C58H73FN6O12S. The van der Waals surface area contributed by atoms with Gasteiger partial charge in [0.2, 0.25) is 5.91 Å². The van der Waals surface area contributed by atoms with Gasteiger partial charge in [0.15, 0.2) is 0 Å². The molecule has 4 heterocycles. The number of hydrogen-bond acceptors (Lipinski definition) is 15. The number of rotatable bonds is 30. The molecule has 0 saturated carbocycles. The van der Waals surface area contributed by atoms with Crippen molar-refractivity contribution in [3.05, 3.63) is 151 Å². The lowest BCUT2D eigenvalue weighted by Crippen LogP contribution is -2.43. The molecule has 0 aliphatic carbocycles. The third-order valence-corrected chi connectivity index (χ3v) is 15.2. The maximum Gasteiger partial charge on any atom is 0.351 e. The summed E-state index contributed by atoms with van der Waals surface area (Å²) >= 11 is 1.35. The Morgan fingerprint density at radius 3 is 2.00 bits per heavy atom. The second-order valence-corrected chi connectivity index (χ2v) is 20.9. The molecule has 6 atom stereocenters. The lowest BCUT2D eigenvalue weighted by molar-refractivity contribution is -0.154. The number of nitrogens with one attached hydrogen (secondary N) is 3. The number of amides is 1. The fraction of sp³-hybridized carbons (Fsp3) is 0.500. The van der Waals surface area contributed by atoms with Crippen molar-refractivity contribution in [2.24, 2.45) is 0 Å². The molecule has 18 nitrogen and oxygen atoms in total. The number of benzene rings is 3. The van der Waals surface area contributed by atoms with Crippen LogP contribution in [-0.4, -0.2) is 93.9 Å². The minimum atomic E-state index is -1.62. The maximum absolute atomic E-state index is 15.2. The summed E-state index contributed by atoms with van der Waals surface area (Å²) < 4.78 is 51.7. The second-order valence-electron chi connectivity index (χ2n) is 19.7. The first-order chi connectivity index (χ1) is 37.8. The number of thioether (sulfide) groups is 1. The van der Waals surface area contributed by atoms with E-state index < -0.39 is 83.1 Å². The van der Waals surface area contributed by atoms with Gasteiger partial charge in [-0.15, -0.1) is 11.8 Å². The molecule has 2 aliphatic heterocycles. The molecule has 2 fully saturated rings. The Kier molecular flexibility index (Phi) is 22.1. The van der Waals surface area contributed by atoms with Gasteiger partial charge in [-0.25, -0.2) is 18.8 Å². The molecule has 2 aromatic heterocycles. The van der Waals surface area contributed by atoms with Crippen molar-refractivity contribution >= 4 is 35.4 Å². The standard InChI is InChI=1S/C58H73FN6O12S/c1-5-6-7-8-9-10-11-12-13-14-18-21-49(66)60-46(55(69)75-36-47-45(59)34-50(76-47)65-35-39(2)54(68)62-57(65)71)30-31-52(67)74-37-53-77-51(38-78-53)64-33-32-48(61-56(64)70)63-58(40-19-16-15-17-20-40,41-22-26-43(72-3)27-23-41)42-24-28-44(73-4)29-25-42/h15-17,19-20,22-29,32-33,35,45-47,50-51,53H,5-14,18,21,30-31,34,36-38H2,1-4H3,(H,60,66)(H,61,63,70)(H,62,68,71)/t45-,46-,47+,50+,51-,53+/m0/s1. The van der Waals surface area contributed by atoms with E-state index in [0.717, 1.165) is 46.9 Å². The fourth-order valence-electron chi connectivity index (χ4n) is 9.69. The normalized spacial score (nSPS) is 18.5. The highest BCUT2D eigenvalue weighted by molar-refractivity contribution is 8.00. The van der Waals surface area contributed by atoms with Crippen molar-refractivity contribution in [1.29, 1.82) is 0 Å². The Labute approximate surface area is 458 Å². The first-order valence-corrected chi connectivity index (χ1v) is 28.1. The highest BCUT2D eigenvalue weighted by atomic mass is 32.2. The van der Waals surface area contributed by atoms with Crippen LogP contribution in [0.5, 0.6) is 11.5 Å². The van der Waals surface area contributed by atoms with Gasteiger partial charge in [-0.1, -0.05) is 126 Å². The summed E-state index contributed by atoms with van der Waals surface area (Å²) in [6.07, 6.45) is 9.91. The molecule has 0 spiro atoms. The number of H-pyrrole nitrogens is 1. The smallest absolute Gasteiger partial charge is 0.351 e. The van der Waals surface area contributed by atoms with Gasteiger partial charge in [-0.2, -0.15) is 4.98 Å². The van der Waals surface area contributed by atoms with Crippen molar-refractivity contribution < 1.29 is 47.2 Å². The summed E-state index contributed by atoms with van der Waals surface area (Å²) in [6, 6.07) is 25.6. The van der Waals surface area contributed by atoms with Crippen LogP contribution in [0.2, 0.25) is 0 Å². The number of unbranched alkanes of at least 4 members (excludes halogenated alkanes) is 10. The van der Waals surface area contributed by atoms with Crippen molar-refractivity contribution in [2.45, 2.75) is 152 Å². The summed E-state index contributed by atoms with van der Waals surface area (Å²) in [4.78, 5) is 84.8. The molecule has 0 bridgehead atoms. The van der Waals surface area contributed by atoms with E-state index in [1.54, 1.807) is 26.5 Å². The van der Waals surface area contributed by atoms with Crippen LogP contribution in [0.25, 0.3) is 0 Å². The molecule has 420 valence electrons. The number of anilines is 1. The molecule has 78 heavy (non-hydrogen) atoms. The number of alkyl halides is 1.